The van der Waals surface area contributed by atoms with E-state index in [0.717, 1.165) is 11.1 Å². The molecule has 0 nitrogen and oxygen atoms in total. The highest BCUT2D eigenvalue weighted by molar-refractivity contribution is 6.23. The van der Waals surface area contributed by atoms with Gasteiger partial charge in [-0.15, -0.1) is 11.6 Å². The minimum absolute atomic E-state index is 0.244. The lowest BCUT2D eigenvalue weighted by Crippen LogP contribution is -2.04. The van der Waals surface area contributed by atoms with E-state index in [0.29, 0.717) is 6.42 Å². The molecule has 1 unspecified atom stereocenters. The molecule has 1 atom stereocenters. The predicted molar refractivity (Wildman–Crippen MR) is 57.9 cm³/mol. The molecule has 1 aromatic rings. The molecule has 0 amide bonds. The summed E-state index contributed by atoms with van der Waals surface area (Å²) < 4.78 is 13.0. The summed E-state index contributed by atoms with van der Waals surface area (Å²) in [5, 5.41) is -0.504. The van der Waals surface area contributed by atoms with Crippen molar-refractivity contribution in [3.05, 3.63) is 53.9 Å². The van der Waals surface area contributed by atoms with Crippen molar-refractivity contribution in [2.24, 2.45) is 0 Å². The lowest BCUT2D eigenvalue weighted by molar-refractivity contribution is 0.594. The van der Waals surface area contributed by atoms with Crippen LogP contribution in [0.15, 0.2) is 48.3 Å². The highest BCUT2D eigenvalue weighted by Gasteiger charge is 2.17. The summed E-state index contributed by atoms with van der Waals surface area (Å²) in [5.41, 5.74) is 2.20. The van der Waals surface area contributed by atoms with Gasteiger partial charge in [-0.05, 0) is 23.6 Å². The van der Waals surface area contributed by atoms with Crippen LogP contribution in [0.2, 0.25) is 0 Å². The first-order chi connectivity index (χ1) is 6.77. The van der Waals surface area contributed by atoms with Gasteiger partial charge in [0.25, 0.3) is 0 Å². The van der Waals surface area contributed by atoms with Crippen LogP contribution in [0, 0.1) is 0 Å². The summed E-state index contributed by atoms with van der Waals surface area (Å²) in [4.78, 5) is 0. The Hall–Kier alpha value is -1.08. The second-order valence-electron chi connectivity index (χ2n) is 3.28. The predicted octanol–water partition coefficient (Wildman–Crippen LogP) is 3.93. The maximum absolute atomic E-state index is 13.0. The van der Waals surface area contributed by atoms with Crippen LogP contribution in [0.3, 0.4) is 0 Å². The highest BCUT2D eigenvalue weighted by Crippen LogP contribution is 2.30. The number of rotatable bonds is 1. The number of hydrogen-bond donors (Lipinski definition) is 0. The Labute approximate surface area is 87.7 Å². The molecule has 72 valence electrons. The molecule has 0 saturated carbocycles. The molecule has 1 aliphatic carbocycles. The van der Waals surface area contributed by atoms with Gasteiger partial charge in [-0.25, -0.2) is 4.39 Å². The molecule has 2 rings (SSSR count). The maximum atomic E-state index is 13.0. The van der Waals surface area contributed by atoms with Crippen molar-refractivity contribution in [2.45, 2.75) is 11.8 Å². The quantitative estimate of drug-likeness (QED) is 0.614. The fourth-order valence-electron chi connectivity index (χ4n) is 1.51. The van der Waals surface area contributed by atoms with Crippen molar-refractivity contribution < 1.29 is 4.39 Å². The van der Waals surface area contributed by atoms with Gasteiger partial charge in [-0.3, -0.25) is 0 Å². The van der Waals surface area contributed by atoms with Gasteiger partial charge in [0.05, 0.1) is 5.38 Å². The van der Waals surface area contributed by atoms with Gasteiger partial charge >= 0.3 is 0 Å². The minimum atomic E-state index is -0.504. The molecule has 0 aromatic heterocycles. The average molecular weight is 209 g/mol. The van der Waals surface area contributed by atoms with Crippen LogP contribution < -0.4 is 0 Å². The maximum Gasteiger partial charge on any atom is 0.118 e. The van der Waals surface area contributed by atoms with Crippen LogP contribution in [0.1, 0.15) is 12.0 Å². The molecule has 14 heavy (non-hydrogen) atoms. The summed E-state index contributed by atoms with van der Waals surface area (Å²) in [7, 11) is 0. The fraction of sp³-hybridized carbons (Fsp3) is 0.167. The second kappa shape index (κ2) is 3.97. The molecule has 0 heterocycles. The summed E-state index contributed by atoms with van der Waals surface area (Å²) >= 11 is 5.83. The third kappa shape index (κ3) is 1.88. The first-order valence-electron chi connectivity index (χ1n) is 4.53. The highest BCUT2D eigenvalue weighted by atomic mass is 35.5. The third-order valence-corrected chi connectivity index (χ3v) is 2.65. The first kappa shape index (κ1) is 9.47. The van der Waals surface area contributed by atoms with Gasteiger partial charge in [0, 0.05) is 0 Å². The zero-order chi connectivity index (χ0) is 9.97. The zero-order valence-corrected chi connectivity index (χ0v) is 8.34. The Balaban J connectivity index is 2.30. The van der Waals surface area contributed by atoms with E-state index in [4.69, 9.17) is 11.6 Å². The third-order valence-electron chi connectivity index (χ3n) is 2.29. The molecule has 0 bridgehead atoms. The molecule has 1 aliphatic rings. The number of allylic oxidation sites excluding steroid dienone is 4. The van der Waals surface area contributed by atoms with E-state index >= 15 is 0 Å². The van der Waals surface area contributed by atoms with E-state index in [-0.39, 0.29) is 5.83 Å². The molecule has 0 aliphatic heterocycles. The molecule has 0 N–H and O–H groups in total. The standard InChI is InChI=1S/C12H10ClF/c13-11-8-10(6-7-12(11)14)9-4-2-1-3-5-9/h1-7,11H,8H2. The molecule has 2 heteroatoms. The van der Waals surface area contributed by atoms with Crippen LogP contribution in [0.4, 0.5) is 4.39 Å². The van der Waals surface area contributed by atoms with E-state index in [1.807, 2.05) is 30.3 Å². The molecule has 0 fully saturated rings. The van der Waals surface area contributed by atoms with Crippen molar-refractivity contribution in [3.8, 4) is 0 Å². The molecule has 0 spiro atoms. The lowest BCUT2D eigenvalue weighted by Gasteiger charge is -2.15. The van der Waals surface area contributed by atoms with Gasteiger partial charge in [0.15, 0.2) is 0 Å². The van der Waals surface area contributed by atoms with Gasteiger partial charge in [-0.1, -0.05) is 36.4 Å². The Morgan fingerprint density at radius 1 is 1.14 bits per heavy atom. The van der Waals surface area contributed by atoms with E-state index in [1.54, 1.807) is 6.08 Å². The number of benzene rings is 1. The van der Waals surface area contributed by atoms with E-state index in [2.05, 4.69) is 0 Å². The zero-order valence-electron chi connectivity index (χ0n) is 7.58. The van der Waals surface area contributed by atoms with E-state index < -0.39 is 5.38 Å². The smallest absolute Gasteiger partial charge is 0.118 e. The number of halogens is 2. The summed E-state index contributed by atoms with van der Waals surface area (Å²) in [6.45, 7) is 0. The topological polar surface area (TPSA) is 0 Å². The van der Waals surface area contributed by atoms with Gasteiger partial charge in [0.1, 0.15) is 5.83 Å². The molecule has 1 aromatic carbocycles. The Morgan fingerprint density at radius 2 is 1.86 bits per heavy atom. The summed E-state index contributed by atoms with van der Waals surface area (Å²) in [5.74, 6) is -0.244. The summed E-state index contributed by atoms with van der Waals surface area (Å²) in [6, 6.07) is 9.91. The number of hydrogen-bond acceptors (Lipinski definition) is 0. The van der Waals surface area contributed by atoms with E-state index in [1.165, 1.54) is 6.08 Å². The number of alkyl halides is 1. The van der Waals surface area contributed by atoms with Crippen molar-refractivity contribution in [1.82, 2.24) is 0 Å². The second-order valence-corrected chi connectivity index (χ2v) is 3.81. The van der Waals surface area contributed by atoms with Crippen molar-refractivity contribution in [3.63, 3.8) is 0 Å². The Bertz CT molecular complexity index is 379. The molecule has 0 saturated heterocycles. The van der Waals surface area contributed by atoms with Gasteiger partial charge < -0.3 is 0 Å². The summed E-state index contributed by atoms with van der Waals surface area (Å²) in [6.07, 6.45) is 3.81. The van der Waals surface area contributed by atoms with Gasteiger partial charge in [-0.2, -0.15) is 0 Å². The van der Waals surface area contributed by atoms with Crippen LogP contribution >= 0.6 is 11.6 Å². The van der Waals surface area contributed by atoms with Gasteiger partial charge in [0.2, 0.25) is 0 Å². The minimum Gasteiger partial charge on any atom is -0.210 e. The normalized spacial score (nSPS) is 21.4. The monoisotopic (exact) mass is 208 g/mol. The lowest BCUT2D eigenvalue weighted by atomic mass is 9.97. The SMILES string of the molecule is FC1=CC=C(c2ccccc2)CC1Cl. The largest absolute Gasteiger partial charge is 0.210 e. The van der Waals surface area contributed by atoms with Crippen LogP contribution in [-0.2, 0) is 0 Å². The molecule has 0 radical (unpaired) electrons. The van der Waals surface area contributed by atoms with Crippen molar-refractivity contribution >= 4 is 17.2 Å². The van der Waals surface area contributed by atoms with E-state index in [9.17, 15) is 4.39 Å². The Kier molecular flexibility index (Phi) is 2.69. The average Bonchev–Trinajstić information content (AvgIpc) is 2.23. The Morgan fingerprint density at radius 3 is 2.50 bits per heavy atom. The molecular formula is C12H10ClF. The van der Waals surface area contributed by atoms with Crippen molar-refractivity contribution in [2.75, 3.05) is 0 Å². The fourth-order valence-corrected chi connectivity index (χ4v) is 1.75. The van der Waals surface area contributed by atoms with Crippen LogP contribution in [0.5, 0.6) is 0 Å². The molecular weight excluding hydrogens is 199 g/mol. The van der Waals surface area contributed by atoms with Crippen LogP contribution in [-0.4, -0.2) is 5.38 Å². The van der Waals surface area contributed by atoms with Crippen molar-refractivity contribution in [1.29, 1.82) is 0 Å². The first-order valence-corrected chi connectivity index (χ1v) is 4.97. The van der Waals surface area contributed by atoms with Crippen LogP contribution in [0.25, 0.3) is 5.57 Å².